The Kier molecular flexibility index (Phi) is 11.6. The zero-order valence-electron chi connectivity index (χ0n) is 27.1. The summed E-state index contributed by atoms with van der Waals surface area (Å²) >= 11 is 0. The van der Waals surface area contributed by atoms with Crippen molar-refractivity contribution in [2.24, 2.45) is 0 Å². The summed E-state index contributed by atoms with van der Waals surface area (Å²) in [4.78, 5) is 29.9. The number of aryl methyl sites for hydroxylation is 2. The van der Waals surface area contributed by atoms with Gasteiger partial charge in [-0.05, 0) is 82.1 Å². The molecule has 46 heavy (non-hydrogen) atoms. The van der Waals surface area contributed by atoms with E-state index in [-0.39, 0.29) is 29.8 Å². The number of carbonyl (C=O) groups is 2. The van der Waals surface area contributed by atoms with Crippen LogP contribution in [-0.2, 0) is 32.6 Å². The smallest absolute Gasteiger partial charge is 0.264 e. The van der Waals surface area contributed by atoms with E-state index in [1.165, 1.54) is 17.0 Å². The molecule has 0 aliphatic heterocycles. The van der Waals surface area contributed by atoms with E-state index < -0.39 is 28.5 Å². The third-order valence-corrected chi connectivity index (χ3v) is 9.25. The average Bonchev–Trinajstić information content (AvgIpc) is 3.02. The predicted octanol–water partition coefficient (Wildman–Crippen LogP) is 6.06. The molecular formula is C37H43N3O5S. The standard InChI is InChI=1S/C37H43N3O5S/c1-6-45-33-19-21-34(22-20-33)46(43,44)40(32-17-15-28(4)16-18-32)26-36(41)39(25-31-14-10-11-29(5)23-31)35(37(42)38-27(2)3)24-30-12-8-7-9-13-30/h7-23,27,35H,6,24-26H2,1-5H3,(H,38,42). The largest absolute Gasteiger partial charge is 0.494 e. The number of amides is 2. The highest BCUT2D eigenvalue weighted by atomic mass is 32.2. The molecule has 9 heteroatoms. The van der Waals surface area contributed by atoms with E-state index in [9.17, 15) is 18.0 Å². The van der Waals surface area contributed by atoms with E-state index in [4.69, 9.17) is 4.74 Å². The number of anilines is 1. The molecule has 0 bridgehead atoms. The Balaban J connectivity index is 1.79. The van der Waals surface area contributed by atoms with Crippen LogP contribution >= 0.6 is 0 Å². The van der Waals surface area contributed by atoms with Gasteiger partial charge in [-0.25, -0.2) is 8.42 Å². The SMILES string of the molecule is CCOc1ccc(S(=O)(=O)N(CC(=O)N(Cc2cccc(C)c2)C(Cc2ccccc2)C(=O)NC(C)C)c2ccc(C)cc2)cc1. The number of hydrogen-bond acceptors (Lipinski definition) is 5. The number of nitrogens with one attached hydrogen (secondary N) is 1. The van der Waals surface area contributed by atoms with Crippen LogP contribution in [0.3, 0.4) is 0 Å². The van der Waals surface area contributed by atoms with Crippen LogP contribution in [0.1, 0.15) is 43.0 Å². The summed E-state index contributed by atoms with van der Waals surface area (Å²) in [7, 11) is -4.20. The molecule has 4 aromatic rings. The van der Waals surface area contributed by atoms with Crippen LogP contribution in [0.25, 0.3) is 0 Å². The molecule has 242 valence electrons. The summed E-state index contributed by atoms with van der Waals surface area (Å²) in [5.74, 6) is -0.267. The van der Waals surface area contributed by atoms with Crippen molar-refractivity contribution in [2.75, 3.05) is 17.5 Å². The van der Waals surface area contributed by atoms with Crippen molar-refractivity contribution in [1.29, 1.82) is 0 Å². The van der Waals surface area contributed by atoms with Gasteiger partial charge in [0.05, 0.1) is 17.2 Å². The first-order valence-electron chi connectivity index (χ1n) is 15.5. The van der Waals surface area contributed by atoms with Gasteiger partial charge in [-0.15, -0.1) is 0 Å². The molecule has 0 saturated carbocycles. The van der Waals surface area contributed by atoms with Crippen molar-refractivity contribution in [3.05, 3.63) is 125 Å². The Morgan fingerprint density at radius 2 is 1.46 bits per heavy atom. The maximum absolute atomic E-state index is 14.5. The van der Waals surface area contributed by atoms with E-state index in [1.54, 1.807) is 36.4 Å². The Bertz CT molecular complexity index is 1710. The highest BCUT2D eigenvalue weighted by Crippen LogP contribution is 2.27. The third-order valence-electron chi connectivity index (χ3n) is 7.46. The van der Waals surface area contributed by atoms with Crippen molar-refractivity contribution in [1.82, 2.24) is 10.2 Å². The topological polar surface area (TPSA) is 96.0 Å². The van der Waals surface area contributed by atoms with Crippen LogP contribution in [0.5, 0.6) is 5.75 Å². The van der Waals surface area contributed by atoms with E-state index in [0.29, 0.717) is 18.0 Å². The lowest BCUT2D eigenvalue weighted by atomic mass is 10.0. The van der Waals surface area contributed by atoms with Gasteiger partial charge in [-0.2, -0.15) is 0 Å². The maximum Gasteiger partial charge on any atom is 0.264 e. The summed E-state index contributed by atoms with van der Waals surface area (Å²) in [6, 6.07) is 29.3. The molecule has 0 aliphatic carbocycles. The predicted molar refractivity (Wildman–Crippen MR) is 182 cm³/mol. The van der Waals surface area contributed by atoms with Crippen LogP contribution in [0.4, 0.5) is 5.69 Å². The summed E-state index contributed by atoms with van der Waals surface area (Å²) in [6.45, 7) is 9.51. The van der Waals surface area contributed by atoms with Crippen LogP contribution in [-0.4, -0.2) is 50.4 Å². The molecule has 4 aromatic carbocycles. The molecule has 0 heterocycles. The minimum absolute atomic E-state index is 0.0212. The normalized spacial score (nSPS) is 12.0. The third kappa shape index (κ3) is 8.97. The van der Waals surface area contributed by atoms with Crippen molar-refractivity contribution in [2.45, 2.75) is 64.6 Å². The molecule has 1 N–H and O–H groups in total. The molecule has 1 unspecified atom stereocenters. The number of hydrogen-bond donors (Lipinski definition) is 1. The number of rotatable bonds is 14. The van der Waals surface area contributed by atoms with Crippen LogP contribution in [0, 0.1) is 13.8 Å². The Morgan fingerprint density at radius 3 is 2.07 bits per heavy atom. The molecule has 0 saturated heterocycles. The van der Waals surface area contributed by atoms with Crippen molar-refractivity contribution in [3.8, 4) is 5.75 Å². The second-order valence-electron chi connectivity index (χ2n) is 11.6. The monoisotopic (exact) mass is 641 g/mol. The minimum atomic E-state index is -4.20. The first-order valence-corrected chi connectivity index (χ1v) is 16.9. The van der Waals surface area contributed by atoms with Gasteiger partial charge in [-0.3, -0.25) is 13.9 Å². The molecule has 4 rings (SSSR count). The van der Waals surface area contributed by atoms with Gasteiger partial charge < -0.3 is 15.0 Å². The van der Waals surface area contributed by atoms with Crippen molar-refractivity contribution in [3.63, 3.8) is 0 Å². The molecule has 1 atom stereocenters. The number of benzene rings is 4. The zero-order chi connectivity index (χ0) is 33.3. The lowest BCUT2D eigenvalue weighted by Gasteiger charge is -2.34. The molecule has 0 spiro atoms. The molecule has 0 aliphatic rings. The first kappa shape index (κ1) is 34.2. The number of nitrogens with zero attached hydrogens (tertiary/aromatic N) is 2. The number of sulfonamides is 1. The van der Waals surface area contributed by atoms with Gasteiger partial charge in [-0.1, -0.05) is 77.9 Å². The molecule has 0 radical (unpaired) electrons. The number of ether oxygens (including phenoxy) is 1. The van der Waals surface area contributed by atoms with Gasteiger partial charge in [0.15, 0.2) is 0 Å². The molecule has 2 amide bonds. The maximum atomic E-state index is 14.5. The van der Waals surface area contributed by atoms with E-state index in [0.717, 1.165) is 26.6 Å². The molecule has 8 nitrogen and oxygen atoms in total. The lowest BCUT2D eigenvalue weighted by molar-refractivity contribution is -0.140. The second-order valence-corrected chi connectivity index (χ2v) is 13.5. The highest BCUT2D eigenvalue weighted by Gasteiger charge is 2.35. The second kappa shape index (κ2) is 15.6. The lowest BCUT2D eigenvalue weighted by Crippen LogP contribution is -2.54. The fourth-order valence-corrected chi connectivity index (χ4v) is 6.60. The molecular weight excluding hydrogens is 598 g/mol. The molecule has 0 fully saturated rings. The van der Waals surface area contributed by atoms with Crippen LogP contribution in [0.15, 0.2) is 108 Å². The van der Waals surface area contributed by atoms with E-state index >= 15 is 0 Å². The fourth-order valence-electron chi connectivity index (χ4n) is 5.18. The summed E-state index contributed by atoms with van der Waals surface area (Å²) in [6.07, 6.45) is 0.257. The quantitative estimate of drug-likeness (QED) is 0.181. The summed E-state index contributed by atoms with van der Waals surface area (Å²) in [5, 5.41) is 2.98. The van der Waals surface area contributed by atoms with Crippen LogP contribution < -0.4 is 14.4 Å². The molecule has 0 aromatic heterocycles. The van der Waals surface area contributed by atoms with Crippen LogP contribution in [0.2, 0.25) is 0 Å². The van der Waals surface area contributed by atoms with Gasteiger partial charge in [0, 0.05) is 19.0 Å². The summed E-state index contributed by atoms with van der Waals surface area (Å²) < 4.78 is 35.1. The fraction of sp³-hybridized carbons (Fsp3) is 0.297. The van der Waals surface area contributed by atoms with Gasteiger partial charge >= 0.3 is 0 Å². The summed E-state index contributed by atoms with van der Waals surface area (Å²) in [5.41, 5.74) is 4.01. The van der Waals surface area contributed by atoms with Gasteiger partial charge in [0.25, 0.3) is 10.0 Å². The van der Waals surface area contributed by atoms with Gasteiger partial charge in [0.1, 0.15) is 18.3 Å². The Morgan fingerprint density at radius 1 is 0.804 bits per heavy atom. The number of carbonyl (C=O) groups excluding carboxylic acids is 2. The Labute approximate surface area is 273 Å². The average molecular weight is 642 g/mol. The Hall–Kier alpha value is -4.63. The van der Waals surface area contributed by atoms with E-state index in [1.807, 2.05) is 89.2 Å². The van der Waals surface area contributed by atoms with Gasteiger partial charge in [0.2, 0.25) is 11.8 Å². The van der Waals surface area contributed by atoms with E-state index in [2.05, 4.69) is 5.32 Å². The first-order chi connectivity index (χ1) is 22.0. The van der Waals surface area contributed by atoms with Crippen molar-refractivity contribution < 1.29 is 22.7 Å². The minimum Gasteiger partial charge on any atom is -0.494 e. The highest BCUT2D eigenvalue weighted by molar-refractivity contribution is 7.92. The van der Waals surface area contributed by atoms with Crippen molar-refractivity contribution >= 4 is 27.5 Å². The zero-order valence-corrected chi connectivity index (χ0v) is 28.0.